The summed E-state index contributed by atoms with van der Waals surface area (Å²) in [6.45, 7) is 0. The van der Waals surface area contributed by atoms with Crippen molar-refractivity contribution < 1.29 is 14.3 Å². The summed E-state index contributed by atoms with van der Waals surface area (Å²) in [5, 5.41) is 0.0194. The van der Waals surface area contributed by atoms with E-state index in [4.69, 9.17) is 21.1 Å². The molecule has 0 heterocycles. The summed E-state index contributed by atoms with van der Waals surface area (Å²) in [7, 11) is 3.05. The first-order valence-corrected chi connectivity index (χ1v) is 4.23. The van der Waals surface area contributed by atoms with Gasteiger partial charge >= 0.3 is 0 Å². The highest BCUT2D eigenvalue weighted by Gasteiger charge is 2.06. The maximum atomic E-state index is 10.3. The monoisotopic (exact) mass is 212 g/mol. The van der Waals surface area contributed by atoms with E-state index in [-0.39, 0.29) is 5.03 Å². The fourth-order valence-corrected chi connectivity index (χ4v) is 1.15. The molecule has 0 aliphatic rings. The Hall–Kier alpha value is -1.44. The van der Waals surface area contributed by atoms with E-state index < -0.39 is 0 Å². The van der Waals surface area contributed by atoms with E-state index in [2.05, 4.69) is 0 Å². The minimum atomic E-state index is 0.0194. The van der Waals surface area contributed by atoms with Crippen molar-refractivity contribution in [2.45, 2.75) is 0 Å². The van der Waals surface area contributed by atoms with E-state index in [1.54, 1.807) is 24.1 Å². The van der Waals surface area contributed by atoms with Gasteiger partial charge in [0.25, 0.3) is 0 Å². The Morgan fingerprint density at radius 3 is 2.43 bits per heavy atom. The van der Waals surface area contributed by atoms with Gasteiger partial charge in [-0.25, -0.2) is 4.79 Å². The third-order valence-corrected chi connectivity index (χ3v) is 2.02. The van der Waals surface area contributed by atoms with Gasteiger partial charge in [-0.1, -0.05) is 11.6 Å². The van der Waals surface area contributed by atoms with Crippen LogP contribution in [0.15, 0.2) is 18.2 Å². The SMILES string of the molecule is COc1ccc(C(Cl)=C=O)cc1OC. The first kappa shape index (κ1) is 10.6. The summed E-state index contributed by atoms with van der Waals surface area (Å²) < 4.78 is 10.1. The van der Waals surface area contributed by atoms with Crippen LogP contribution in [-0.2, 0) is 4.79 Å². The lowest BCUT2D eigenvalue weighted by Gasteiger charge is -2.07. The molecule has 1 rings (SSSR count). The maximum absolute atomic E-state index is 10.3. The topological polar surface area (TPSA) is 35.5 Å². The van der Waals surface area contributed by atoms with Crippen LogP contribution in [0.1, 0.15) is 5.56 Å². The van der Waals surface area contributed by atoms with E-state index in [9.17, 15) is 4.79 Å². The standard InChI is InChI=1S/C10H9ClO3/c1-13-9-4-3-7(8(11)6-12)5-10(9)14-2/h3-5H,1-2H3. The van der Waals surface area contributed by atoms with Crippen molar-refractivity contribution in [3.05, 3.63) is 23.8 Å². The average molecular weight is 213 g/mol. The fraction of sp³-hybridized carbons (Fsp3) is 0.200. The van der Waals surface area contributed by atoms with Crippen molar-refractivity contribution >= 4 is 22.6 Å². The number of carbonyl (C=O) groups excluding carboxylic acids is 1. The van der Waals surface area contributed by atoms with Gasteiger partial charge in [0.15, 0.2) is 11.5 Å². The van der Waals surface area contributed by atoms with E-state index in [0.29, 0.717) is 17.1 Å². The molecule has 0 unspecified atom stereocenters. The summed E-state index contributed by atoms with van der Waals surface area (Å²) >= 11 is 5.61. The molecule has 0 saturated heterocycles. The molecule has 0 aliphatic carbocycles. The molecule has 0 aromatic heterocycles. The summed E-state index contributed by atoms with van der Waals surface area (Å²) in [6, 6.07) is 4.95. The Kier molecular flexibility index (Phi) is 3.57. The Bertz CT molecular complexity index is 381. The van der Waals surface area contributed by atoms with E-state index in [1.807, 2.05) is 0 Å². The highest BCUT2D eigenvalue weighted by atomic mass is 35.5. The molecule has 1 aromatic rings. The van der Waals surface area contributed by atoms with E-state index in [0.717, 1.165) is 0 Å². The molecule has 0 N–H and O–H groups in total. The summed E-state index contributed by atoms with van der Waals surface area (Å²) in [5.74, 6) is 2.72. The Balaban J connectivity index is 3.20. The van der Waals surface area contributed by atoms with Crippen LogP contribution >= 0.6 is 11.6 Å². The Labute approximate surface area is 86.9 Å². The minimum absolute atomic E-state index is 0.0194. The molecule has 0 atom stereocenters. The van der Waals surface area contributed by atoms with Crippen LogP contribution < -0.4 is 9.47 Å². The number of rotatable bonds is 3. The smallest absolute Gasteiger partial charge is 0.161 e. The number of benzene rings is 1. The minimum Gasteiger partial charge on any atom is -0.493 e. The largest absolute Gasteiger partial charge is 0.493 e. The molecule has 0 saturated carbocycles. The average Bonchev–Trinajstić information content (AvgIpc) is 2.26. The Morgan fingerprint density at radius 1 is 1.29 bits per heavy atom. The lowest BCUT2D eigenvalue weighted by molar-refractivity contribution is 0.355. The molecule has 0 fully saturated rings. The quantitative estimate of drug-likeness (QED) is 0.720. The Morgan fingerprint density at radius 2 is 1.93 bits per heavy atom. The van der Waals surface area contributed by atoms with E-state index >= 15 is 0 Å². The summed E-state index contributed by atoms with van der Waals surface area (Å²) in [5.41, 5.74) is 0.555. The zero-order valence-corrected chi connectivity index (χ0v) is 8.59. The van der Waals surface area contributed by atoms with Gasteiger partial charge in [-0.2, -0.15) is 0 Å². The van der Waals surface area contributed by atoms with Gasteiger partial charge in [0.2, 0.25) is 0 Å². The second-order valence-corrected chi connectivity index (χ2v) is 2.86. The number of ether oxygens (including phenoxy) is 2. The normalized spacial score (nSPS) is 9.07. The number of halogens is 1. The lowest BCUT2D eigenvalue weighted by atomic mass is 10.2. The second-order valence-electron chi connectivity index (χ2n) is 2.49. The van der Waals surface area contributed by atoms with Gasteiger partial charge in [0, 0.05) is 5.56 Å². The van der Waals surface area contributed by atoms with Crippen LogP contribution in [0.5, 0.6) is 11.5 Å². The van der Waals surface area contributed by atoms with Gasteiger partial charge < -0.3 is 9.47 Å². The van der Waals surface area contributed by atoms with Crippen molar-refractivity contribution in [1.29, 1.82) is 0 Å². The molecule has 0 bridgehead atoms. The third kappa shape index (κ3) is 2.08. The van der Waals surface area contributed by atoms with Crippen LogP contribution in [0.25, 0.3) is 5.03 Å². The zero-order valence-electron chi connectivity index (χ0n) is 7.83. The zero-order chi connectivity index (χ0) is 10.6. The highest BCUT2D eigenvalue weighted by molar-refractivity contribution is 6.53. The lowest BCUT2D eigenvalue weighted by Crippen LogP contribution is -1.91. The maximum Gasteiger partial charge on any atom is 0.161 e. The number of hydrogen-bond donors (Lipinski definition) is 0. The van der Waals surface area contributed by atoms with E-state index in [1.165, 1.54) is 14.2 Å². The first-order valence-electron chi connectivity index (χ1n) is 3.86. The second kappa shape index (κ2) is 4.70. The molecule has 0 aliphatic heterocycles. The third-order valence-electron chi connectivity index (χ3n) is 1.73. The van der Waals surface area contributed by atoms with Gasteiger partial charge in [-0.3, -0.25) is 0 Å². The predicted molar refractivity (Wildman–Crippen MR) is 54.5 cm³/mol. The molecule has 14 heavy (non-hydrogen) atoms. The van der Waals surface area contributed by atoms with Gasteiger partial charge in [-0.15, -0.1) is 0 Å². The molecule has 3 nitrogen and oxygen atoms in total. The van der Waals surface area contributed by atoms with Crippen molar-refractivity contribution in [2.24, 2.45) is 0 Å². The molecule has 1 aromatic carbocycles. The van der Waals surface area contributed by atoms with Crippen LogP contribution in [0.2, 0.25) is 0 Å². The van der Waals surface area contributed by atoms with Crippen LogP contribution in [0, 0.1) is 0 Å². The molecule has 0 spiro atoms. The fourth-order valence-electron chi connectivity index (χ4n) is 1.03. The van der Waals surface area contributed by atoms with Crippen molar-refractivity contribution in [3.63, 3.8) is 0 Å². The molecule has 0 amide bonds. The molecule has 4 heteroatoms. The van der Waals surface area contributed by atoms with Crippen LogP contribution in [-0.4, -0.2) is 20.2 Å². The summed E-state index contributed by atoms with van der Waals surface area (Å²) in [6.07, 6.45) is 0. The van der Waals surface area contributed by atoms with Crippen LogP contribution in [0.3, 0.4) is 0 Å². The number of methoxy groups -OCH3 is 2. The van der Waals surface area contributed by atoms with Gasteiger partial charge in [-0.05, 0) is 18.2 Å². The van der Waals surface area contributed by atoms with Crippen molar-refractivity contribution in [3.8, 4) is 11.5 Å². The molecular weight excluding hydrogens is 204 g/mol. The summed E-state index contributed by atoms with van der Waals surface area (Å²) in [4.78, 5) is 10.3. The van der Waals surface area contributed by atoms with Crippen molar-refractivity contribution in [1.82, 2.24) is 0 Å². The molecule has 0 radical (unpaired) electrons. The van der Waals surface area contributed by atoms with Crippen LogP contribution in [0.4, 0.5) is 0 Å². The highest BCUT2D eigenvalue weighted by Crippen LogP contribution is 2.30. The van der Waals surface area contributed by atoms with Gasteiger partial charge in [0.1, 0.15) is 11.0 Å². The molecule has 74 valence electrons. The molecular formula is C10H9ClO3. The number of hydrogen-bond acceptors (Lipinski definition) is 3. The predicted octanol–water partition coefficient (Wildman–Crippen LogP) is 2.12. The van der Waals surface area contributed by atoms with Crippen molar-refractivity contribution in [2.75, 3.05) is 14.2 Å². The first-order chi connectivity index (χ1) is 6.72. The van der Waals surface area contributed by atoms with Gasteiger partial charge in [0.05, 0.1) is 14.2 Å².